The topological polar surface area (TPSA) is 61.0 Å². The molecule has 2 aromatic carbocycles. The van der Waals surface area contributed by atoms with Crippen molar-refractivity contribution < 1.29 is 4.92 Å². The second kappa shape index (κ2) is 4.80. The van der Waals surface area contributed by atoms with E-state index < -0.39 is 4.92 Å². The molecule has 108 valence electrons. The standard InChI is InChI=1S/C17H13N3O2/c21-20(22)15-7-5-12(6-8-15)16-11-19-10-14-4-2-1-3-13(14)9-17(19)18-16/h1-8,11H,9-10H2. The first-order valence-electron chi connectivity index (χ1n) is 7.08. The van der Waals surface area contributed by atoms with Crippen LogP contribution in [0, 0.1) is 10.1 Å². The first kappa shape index (κ1) is 12.8. The number of rotatable bonds is 2. The van der Waals surface area contributed by atoms with Crippen LogP contribution >= 0.6 is 0 Å². The van der Waals surface area contributed by atoms with E-state index in [1.807, 2.05) is 6.20 Å². The number of non-ortho nitro benzene ring substituents is 1. The Bertz CT molecular complexity index is 823. The molecule has 0 spiro atoms. The van der Waals surface area contributed by atoms with E-state index >= 15 is 0 Å². The van der Waals surface area contributed by atoms with Crippen LogP contribution in [0.3, 0.4) is 0 Å². The normalized spacial score (nSPS) is 12.5. The van der Waals surface area contributed by atoms with Gasteiger partial charge in [0.25, 0.3) is 5.69 Å². The van der Waals surface area contributed by atoms with Crippen LogP contribution < -0.4 is 0 Å². The molecule has 4 rings (SSSR count). The van der Waals surface area contributed by atoms with Crippen molar-refractivity contribution in [2.75, 3.05) is 0 Å². The van der Waals surface area contributed by atoms with Crippen LogP contribution in [-0.4, -0.2) is 14.5 Å². The quantitative estimate of drug-likeness (QED) is 0.420. The molecule has 0 amide bonds. The van der Waals surface area contributed by atoms with Crippen molar-refractivity contribution in [2.24, 2.45) is 0 Å². The Kier molecular flexibility index (Phi) is 2.79. The summed E-state index contributed by atoms with van der Waals surface area (Å²) in [5, 5.41) is 10.7. The number of hydrogen-bond donors (Lipinski definition) is 0. The van der Waals surface area contributed by atoms with Crippen molar-refractivity contribution in [2.45, 2.75) is 13.0 Å². The molecule has 1 aliphatic heterocycles. The lowest BCUT2D eigenvalue weighted by Gasteiger charge is -2.17. The van der Waals surface area contributed by atoms with E-state index in [4.69, 9.17) is 0 Å². The van der Waals surface area contributed by atoms with E-state index in [1.165, 1.54) is 23.3 Å². The Balaban J connectivity index is 1.69. The summed E-state index contributed by atoms with van der Waals surface area (Å²) in [7, 11) is 0. The maximum atomic E-state index is 10.7. The van der Waals surface area contributed by atoms with Gasteiger partial charge in [-0.1, -0.05) is 24.3 Å². The minimum absolute atomic E-state index is 0.0973. The molecule has 0 aliphatic carbocycles. The number of nitrogens with zero attached hydrogens (tertiary/aromatic N) is 3. The van der Waals surface area contributed by atoms with E-state index in [2.05, 4.69) is 33.8 Å². The van der Waals surface area contributed by atoms with Crippen LogP contribution in [0.4, 0.5) is 5.69 Å². The van der Waals surface area contributed by atoms with Crippen LogP contribution in [-0.2, 0) is 13.0 Å². The number of benzene rings is 2. The monoisotopic (exact) mass is 291 g/mol. The molecule has 1 aliphatic rings. The molecule has 0 saturated heterocycles. The molecule has 0 unspecified atom stereocenters. The van der Waals surface area contributed by atoms with Gasteiger partial charge >= 0.3 is 0 Å². The molecule has 2 heterocycles. The van der Waals surface area contributed by atoms with E-state index in [-0.39, 0.29) is 5.69 Å². The first-order chi connectivity index (χ1) is 10.7. The van der Waals surface area contributed by atoms with Crippen molar-refractivity contribution in [3.8, 4) is 11.3 Å². The molecule has 0 saturated carbocycles. The summed E-state index contributed by atoms with van der Waals surface area (Å²) in [5.74, 6) is 1.03. The third-order valence-electron chi connectivity index (χ3n) is 4.04. The van der Waals surface area contributed by atoms with Crippen LogP contribution in [0.5, 0.6) is 0 Å². The summed E-state index contributed by atoms with van der Waals surface area (Å²) in [4.78, 5) is 15.0. The van der Waals surface area contributed by atoms with Gasteiger partial charge in [0.2, 0.25) is 0 Å². The SMILES string of the molecule is O=[N+]([O-])c1ccc(-c2cn3c(n2)Cc2ccccc2C3)cc1. The fourth-order valence-electron chi connectivity index (χ4n) is 2.86. The number of nitro groups is 1. The summed E-state index contributed by atoms with van der Waals surface area (Å²) in [6.45, 7) is 0.825. The summed E-state index contributed by atoms with van der Waals surface area (Å²) >= 11 is 0. The molecule has 3 aromatic rings. The average molecular weight is 291 g/mol. The highest BCUT2D eigenvalue weighted by atomic mass is 16.6. The van der Waals surface area contributed by atoms with Gasteiger partial charge in [0, 0.05) is 36.9 Å². The Morgan fingerprint density at radius 1 is 1.05 bits per heavy atom. The number of aromatic nitrogens is 2. The maximum absolute atomic E-state index is 10.7. The minimum Gasteiger partial charge on any atom is -0.330 e. The van der Waals surface area contributed by atoms with Crippen molar-refractivity contribution in [3.05, 3.63) is 81.8 Å². The van der Waals surface area contributed by atoms with Crippen LogP contribution in [0.1, 0.15) is 17.0 Å². The van der Waals surface area contributed by atoms with Gasteiger partial charge < -0.3 is 4.57 Å². The van der Waals surface area contributed by atoms with Gasteiger partial charge in [0.1, 0.15) is 5.82 Å². The average Bonchev–Trinajstić information content (AvgIpc) is 2.95. The molecule has 0 atom stereocenters. The summed E-state index contributed by atoms with van der Waals surface area (Å²) < 4.78 is 2.15. The predicted octanol–water partition coefficient (Wildman–Crippen LogP) is 3.41. The lowest BCUT2D eigenvalue weighted by Crippen LogP contribution is -2.13. The first-order valence-corrected chi connectivity index (χ1v) is 7.08. The van der Waals surface area contributed by atoms with Crippen molar-refractivity contribution in [3.63, 3.8) is 0 Å². The van der Waals surface area contributed by atoms with Crippen molar-refractivity contribution in [1.29, 1.82) is 0 Å². The third-order valence-corrected chi connectivity index (χ3v) is 4.04. The zero-order valence-corrected chi connectivity index (χ0v) is 11.8. The highest BCUT2D eigenvalue weighted by Crippen LogP contribution is 2.27. The number of fused-ring (bicyclic) bond motifs is 2. The van der Waals surface area contributed by atoms with Gasteiger partial charge in [-0.3, -0.25) is 10.1 Å². The summed E-state index contributed by atoms with van der Waals surface area (Å²) in [5.41, 5.74) is 4.49. The molecule has 5 heteroatoms. The third kappa shape index (κ3) is 2.07. The highest BCUT2D eigenvalue weighted by molar-refractivity contribution is 5.61. The number of nitro benzene ring substituents is 1. The van der Waals surface area contributed by atoms with Gasteiger partial charge in [-0.15, -0.1) is 0 Å². The van der Waals surface area contributed by atoms with E-state index in [0.29, 0.717) is 0 Å². The minimum atomic E-state index is -0.390. The molecule has 1 aromatic heterocycles. The molecule has 0 fully saturated rings. The summed E-state index contributed by atoms with van der Waals surface area (Å²) in [6.07, 6.45) is 2.84. The fraction of sp³-hybridized carbons (Fsp3) is 0.118. The molecule has 0 N–H and O–H groups in total. The van der Waals surface area contributed by atoms with Crippen molar-refractivity contribution >= 4 is 5.69 Å². The number of hydrogen-bond acceptors (Lipinski definition) is 3. The second-order valence-electron chi connectivity index (χ2n) is 5.42. The highest BCUT2D eigenvalue weighted by Gasteiger charge is 2.17. The van der Waals surface area contributed by atoms with Crippen LogP contribution in [0.25, 0.3) is 11.3 Å². The number of imidazole rings is 1. The summed E-state index contributed by atoms with van der Waals surface area (Å²) in [6, 6.07) is 14.9. The van der Waals surface area contributed by atoms with E-state index in [1.54, 1.807) is 12.1 Å². The van der Waals surface area contributed by atoms with Gasteiger partial charge in [0.15, 0.2) is 0 Å². The van der Waals surface area contributed by atoms with Gasteiger partial charge in [-0.05, 0) is 23.3 Å². The Morgan fingerprint density at radius 2 is 1.77 bits per heavy atom. The lowest BCUT2D eigenvalue weighted by molar-refractivity contribution is -0.384. The maximum Gasteiger partial charge on any atom is 0.269 e. The van der Waals surface area contributed by atoms with E-state index in [0.717, 1.165) is 30.0 Å². The van der Waals surface area contributed by atoms with Gasteiger partial charge in [-0.25, -0.2) is 4.98 Å². The lowest BCUT2D eigenvalue weighted by atomic mass is 10.0. The van der Waals surface area contributed by atoms with Crippen LogP contribution in [0.2, 0.25) is 0 Å². The Labute approximate surface area is 127 Å². The molecule has 0 radical (unpaired) electrons. The van der Waals surface area contributed by atoms with E-state index in [9.17, 15) is 10.1 Å². The van der Waals surface area contributed by atoms with Gasteiger partial charge in [-0.2, -0.15) is 0 Å². The molecule has 5 nitrogen and oxygen atoms in total. The van der Waals surface area contributed by atoms with Gasteiger partial charge in [0.05, 0.1) is 10.6 Å². The Hall–Kier alpha value is -2.95. The molecular formula is C17H13N3O2. The zero-order valence-electron chi connectivity index (χ0n) is 11.8. The molecular weight excluding hydrogens is 278 g/mol. The molecule has 0 bridgehead atoms. The largest absolute Gasteiger partial charge is 0.330 e. The fourth-order valence-corrected chi connectivity index (χ4v) is 2.86. The zero-order chi connectivity index (χ0) is 15.1. The smallest absolute Gasteiger partial charge is 0.269 e. The molecule has 22 heavy (non-hydrogen) atoms. The second-order valence-corrected chi connectivity index (χ2v) is 5.42. The van der Waals surface area contributed by atoms with Crippen LogP contribution in [0.15, 0.2) is 54.7 Å². The van der Waals surface area contributed by atoms with Crippen molar-refractivity contribution in [1.82, 2.24) is 9.55 Å². The predicted molar refractivity (Wildman–Crippen MR) is 82.7 cm³/mol. The Morgan fingerprint density at radius 3 is 2.50 bits per heavy atom.